The molecular formula is C17H25BrClN3O3. The molecule has 6 nitrogen and oxygen atoms in total. The quantitative estimate of drug-likeness (QED) is 0.666. The number of benzene rings is 1. The number of halogens is 2. The van der Waals surface area contributed by atoms with Gasteiger partial charge in [0.1, 0.15) is 5.75 Å². The van der Waals surface area contributed by atoms with E-state index in [-0.39, 0.29) is 30.8 Å². The molecule has 0 bridgehead atoms. The highest BCUT2D eigenvalue weighted by Gasteiger charge is 2.23. The van der Waals surface area contributed by atoms with Gasteiger partial charge < -0.3 is 19.9 Å². The number of rotatable bonds is 7. The molecular weight excluding hydrogens is 410 g/mol. The van der Waals surface area contributed by atoms with E-state index >= 15 is 0 Å². The molecule has 2 amide bonds. The molecule has 1 aliphatic rings. The second-order valence-corrected chi connectivity index (χ2v) is 6.63. The summed E-state index contributed by atoms with van der Waals surface area (Å²) in [5.74, 6) is 0.800. The average Bonchev–Trinajstić information content (AvgIpc) is 2.61. The van der Waals surface area contributed by atoms with Crippen molar-refractivity contribution in [2.75, 3.05) is 46.4 Å². The molecule has 1 fully saturated rings. The molecule has 1 aromatic rings. The predicted octanol–water partition coefficient (Wildman–Crippen LogP) is 1.92. The number of amides is 2. The number of piperazine rings is 1. The van der Waals surface area contributed by atoms with Gasteiger partial charge in [0, 0.05) is 37.1 Å². The largest absolute Gasteiger partial charge is 0.484 e. The molecule has 1 aromatic carbocycles. The van der Waals surface area contributed by atoms with Gasteiger partial charge >= 0.3 is 0 Å². The fraction of sp³-hybridized carbons (Fsp3) is 0.529. The van der Waals surface area contributed by atoms with Crippen molar-refractivity contribution in [3.63, 3.8) is 0 Å². The predicted molar refractivity (Wildman–Crippen MR) is 103 cm³/mol. The molecule has 1 saturated heterocycles. The normalized spacial score (nSPS) is 14.0. The minimum absolute atomic E-state index is 0. The Morgan fingerprint density at radius 2 is 1.64 bits per heavy atom. The lowest BCUT2D eigenvalue weighted by Crippen LogP contribution is -2.51. The van der Waals surface area contributed by atoms with Gasteiger partial charge in [-0.15, -0.1) is 12.4 Å². The highest BCUT2D eigenvalue weighted by Crippen LogP contribution is 2.16. The van der Waals surface area contributed by atoms with Crippen LogP contribution in [0.25, 0.3) is 0 Å². The minimum Gasteiger partial charge on any atom is -0.484 e. The van der Waals surface area contributed by atoms with E-state index in [0.717, 1.165) is 17.4 Å². The molecule has 0 spiro atoms. The first-order valence-electron chi connectivity index (χ1n) is 8.18. The van der Waals surface area contributed by atoms with Crippen molar-refractivity contribution in [3.05, 3.63) is 28.7 Å². The lowest BCUT2D eigenvalue weighted by atomic mass is 10.2. The summed E-state index contributed by atoms with van der Waals surface area (Å²) >= 11 is 3.36. The van der Waals surface area contributed by atoms with E-state index in [9.17, 15) is 9.59 Å². The standard InChI is InChI=1S/C17H24BrN3O3.ClH/c1-19-8-2-3-16(22)20-9-11-21(12-10-20)17(23)13-24-15-6-4-14(18)5-7-15;/h4-7,19H,2-3,8-13H2,1H3;1H. The summed E-state index contributed by atoms with van der Waals surface area (Å²) in [6.45, 7) is 3.21. The number of nitrogens with one attached hydrogen (secondary N) is 1. The van der Waals surface area contributed by atoms with E-state index in [2.05, 4.69) is 21.2 Å². The molecule has 25 heavy (non-hydrogen) atoms. The molecule has 2 rings (SSSR count). The van der Waals surface area contributed by atoms with Gasteiger partial charge in [-0.25, -0.2) is 0 Å². The van der Waals surface area contributed by atoms with Gasteiger partial charge in [0.2, 0.25) is 5.91 Å². The SMILES string of the molecule is CNCCCC(=O)N1CCN(C(=O)COc2ccc(Br)cc2)CC1.Cl. The zero-order chi connectivity index (χ0) is 17.4. The third kappa shape index (κ3) is 7.22. The van der Waals surface area contributed by atoms with Crippen molar-refractivity contribution in [1.29, 1.82) is 0 Å². The summed E-state index contributed by atoms with van der Waals surface area (Å²) in [6, 6.07) is 7.38. The fourth-order valence-electron chi connectivity index (χ4n) is 2.55. The molecule has 0 atom stereocenters. The van der Waals surface area contributed by atoms with Crippen molar-refractivity contribution in [2.45, 2.75) is 12.8 Å². The highest BCUT2D eigenvalue weighted by atomic mass is 79.9. The highest BCUT2D eigenvalue weighted by molar-refractivity contribution is 9.10. The van der Waals surface area contributed by atoms with Crippen LogP contribution in [0.2, 0.25) is 0 Å². The van der Waals surface area contributed by atoms with Gasteiger partial charge in [-0.05, 0) is 44.3 Å². The van der Waals surface area contributed by atoms with Crippen LogP contribution in [-0.2, 0) is 9.59 Å². The number of carbonyl (C=O) groups is 2. The Kier molecular flexibility index (Phi) is 9.85. The Morgan fingerprint density at radius 3 is 2.20 bits per heavy atom. The van der Waals surface area contributed by atoms with E-state index in [0.29, 0.717) is 38.3 Å². The van der Waals surface area contributed by atoms with Crippen molar-refractivity contribution < 1.29 is 14.3 Å². The van der Waals surface area contributed by atoms with E-state index in [1.54, 1.807) is 4.90 Å². The van der Waals surface area contributed by atoms with Crippen LogP contribution in [-0.4, -0.2) is 68.0 Å². The Bertz CT molecular complexity index is 549. The lowest BCUT2D eigenvalue weighted by molar-refractivity contribution is -0.140. The summed E-state index contributed by atoms with van der Waals surface area (Å²) in [5, 5.41) is 3.04. The maximum atomic E-state index is 12.2. The Balaban J connectivity index is 0.00000312. The summed E-state index contributed by atoms with van der Waals surface area (Å²) < 4.78 is 6.49. The van der Waals surface area contributed by atoms with E-state index in [1.165, 1.54) is 0 Å². The Hall–Kier alpha value is -1.31. The molecule has 0 aliphatic carbocycles. The van der Waals surface area contributed by atoms with Crippen LogP contribution < -0.4 is 10.1 Å². The minimum atomic E-state index is -0.0415. The van der Waals surface area contributed by atoms with Gasteiger partial charge in [0.15, 0.2) is 6.61 Å². The summed E-state index contributed by atoms with van der Waals surface area (Å²) in [7, 11) is 1.88. The number of carbonyl (C=O) groups excluding carboxylic acids is 2. The molecule has 0 radical (unpaired) electrons. The van der Waals surface area contributed by atoms with E-state index in [4.69, 9.17) is 4.74 Å². The van der Waals surface area contributed by atoms with E-state index < -0.39 is 0 Å². The first kappa shape index (κ1) is 21.7. The summed E-state index contributed by atoms with van der Waals surface area (Å²) in [6.07, 6.45) is 1.40. The molecule has 140 valence electrons. The van der Waals surface area contributed by atoms with Crippen molar-refractivity contribution in [1.82, 2.24) is 15.1 Å². The third-order valence-corrected chi connectivity index (χ3v) is 4.51. The number of nitrogens with zero attached hydrogens (tertiary/aromatic N) is 2. The maximum absolute atomic E-state index is 12.2. The smallest absolute Gasteiger partial charge is 0.260 e. The zero-order valence-electron chi connectivity index (χ0n) is 14.4. The second-order valence-electron chi connectivity index (χ2n) is 5.71. The molecule has 1 heterocycles. The molecule has 1 aliphatic heterocycles. The lowest BCUT2D eigenvalue weighted by Gasteiger charge is -2.34. The Morgan fingerprint density at radius 1 is 1.08 bits per heavy atom. The van der Waals surface area contributed by atoms with Crippen LogP contribution in [0.5, 0.6) is 5.75 Å². The monoisotopic (exact) mass is 433 g/mol. The molecule has 1 N–H and O–H groups in total. The maximum Gasteiger partial charge on any atom is 0.260 e. The summed E-state index contributed by atoms with van der Waals surface area (Å²) in [4.78, 5) is 27.9. The number of hydrogen-bond donors (Lipinski definition) is 1. The second kappa shape index (κ2) is 11.3. The van der Waals surface area contributed by atoms with Crippen LogP contribution in [0.15, 0.2) is 28.7 Å². The fourth-order valence-corrected chi connectivity index (χ4v) is 2.81. The van der Waals surface area contributed by atoms with Gasteiger partial charge in [-0.2, -0.15) is 0 Å². The van der Waals surface area contributed by atoms with Crippen molar-refractivity contribution in [2.24, 2.45) is 0 Å². The van der Waals surface area contributed by atoms with Crippen molar-refractivity contribution in [3.8, 4) is 5.75 Å². The Labute approximate surface area is 163 Å². The van der Waals surface area contributed by atoms with Crippen molar-refractivity contribution >= 4 is 40.2 Å². The third-order valence-electron chi connectivity index (χ3n) is 3.98. The van der Waals surface area contributed by atoms with Crippen LogP contribution >= 0.6 is 28.3 Å². The first-order valence-corrected chi connectivity index (χ1v) is 8.98. The van der Waals surface area contributed by atoms with E-state index in [1.807, 2.05) is 36.2 Å². The number of ether oxygens (including phenoxy) is 1. The molecule has 8 heteroatoms. The molecule has 0 aromatic heterocycles. The van der Waals surface area contributed by atoms with Crippen LogP contribution in [0.1, 0.15) is 12.8 Å². The number of hydrogen-bond acceptors (Lipinski definition) is 4. The average molecular weight is 435 g/mol. The van der Waals surface area contributed by atoms with Crippen LogP contribution in [0.3, 0.4) is 0 Å². The summed E-state index contributed by atoms with van der Waals surface area (Å²) in [5.41, 5.74) is 0. The first-order chi connectivity index (χ1) is 11.6. The van der Waals surface area contributed by atoms with Gasteiger partial charge in [-0.3, -0.25) is 9.59 Å². The van der Waals surface area contributed by atoms with Gasteiger partial charge in [0.05, 0.1) is 0 Å². The van der Waals surface area contributed by atoms with Gasteiger partial charge in [0.25, 0.3) is 5.91 Å². The molecule has 0 unspecified atom stereocenters. The zero-order valence-corrected chi connectivity index (χ0v) is 16.8. The van der Waals surface area contributed by atoms with Gasteiger partial charge in [-0.1, -0.05) is 15.9 Å². The van der Waals surface area contributed by atoms with Crippen LogP contribution in [0.4, 0.5) is 0 Å². The molecule has 0 saturated carbocycles. The van der Waals surface area contributed by atoms with Crippen LogP contribution in [0, 0.1) is 0 Å². The topological polar surface area (TPSA) is 61.9 Å².